The fraction of sp³-hybridized carbons (Fsp3) is 0.333. The Morgan fingerprint density at radius 1 is 1.53 bits per heavy atom. The lowest BCUT2D eigenvalue weighted by molar-refractivity contribution is -0.116. The molecule has 90 valence electrons. The predicted molar refractivity (Wildman–Crippen MR) is 69.3 cm³/mol. The number of fused-ring (bicyclic) bond motifs is 1. The van der Waals surface area contributed by atoms with Gasteiger partial charge in [-0.15, -0.1) is 0 Å². The van der Waals surface area contributed by atoms with E-state index in [0.717, 1.165) is 10.2 Å². The molecule has 5 heteroatoms. The van der Waals surface area contributed by atoms with Gasteiger partial charge >= 0.3 is 0 Å². The number of amides is 1. The van der Waals surface area contributed by atoms with Gasteiger partial charge in [-0.2, -0.15) is 0 Å². The molecule has 0 atom stereocenters. The smallest absolute Gasteiger partial charge is 0.226 e. The summed E-state index contributed by atoms with van der Waals surface area (Å²) >= 11 is 1.47. The summed E-state index contributed by atoms with van der Waals surface area (Å²) in [6.07, 6.45) is 0.807. The summed E-state index contributed by atoms with van der Waals surface area (Å²) < 4.78 is 1.07. The molecule has 2 N–H and O–H groups in total. The first-order valence-corrected chi connectivity index (χ1v) is 6.28. The molecule has 2 rings (SSSR count). The van der Waals surface area contributed by atoms with E-state index in [4.69, 9.17) is 5.11 Å². The fourth-order valence-electron chi connectivity index (χ4n) is 1.51. The van der Waals surface area contributed by atoms with Crippen molar-refractivity contribution in [2.24, 2.45) is 0 Å². The molecule has 0 aliphatic heterocycles. The van der Waals surface area contributed by atoms with E-state index in [-0.39, 0.29) is 12.5 Å². The molecule has 0 bridgehead atoms. The first-order valence-electron chi connectivity index (χ1n) is 5.47. The standard InChI is InChI=1S/C12H14N2O2S/c1-8-4-5-9-10(7-8)17-12(13-9)14-11(16)3-2-6-15/h4-5,7,15H,2-3,6H2,1H3,(H,13,14,16). The molecule has 0 spiro atoms. The molecule has 1 aromatic carbocycles. The van der Waals surface area contributed by atoms with Crippen LogP contribution in [0.3, 0.4) is 0 Å². The van der Waals surface area contributed by atoms with Crippen LogP contribution in [0.1, 0.15) is 18.4 Å². The average molecular weight is 250 g/mol. The minimum Gasteiger partial charge on any atom is -0.396 e. The number of hydrogen-bond donors (Lipinski definition) is 2. The Labute approximate surface area is 103 Å². The Bertz CT molecular complexity index is 536. The van der Waals surface area contributed by atoms with E-state index in [0.29, 0.717) is 18.0 Å². The van der Waals surface area contributed by atoms with Crippen molar-refractivity contribution < 1.29 is 9.90 Å². The maximum absolute atomic E-state index is 11.5. The molecular formula is C12H14N2O2S. The number of aliphatic hydroxyl groups is 1. The van der Waals surface area contributed by atoms with Crippen LogP contribution in [-0.4, -0.2) is 22.6 Å². The number of carbonyl (C=O) groups excluding carboxylic acids is 1. The minimum absolute atomic E-state index is 0.0342. The molecule has 0 fully saturated rings. The number of nitrogens with one attached hydrogen (secondary N) is 1. The van der Waals surface area contributed by atoms with Crippen LogP contribution >= 0.6 is 11.3 Å². The summed E-state index contributed by atoms with van der Waals surface area (Å²) in [5, 5.41) is 12.0. The molecule has 0 aliphatic carbocycles. The Balaban J connectivity index is 2.11. The lowest BCUT2D eigenvalue weighted by atomic mass is 10.2. The highest BCUT2D eigenvalue weighted by molar-refractivity contribution is 7.22. The van der Waals surface area contributed by atoms with E-state index in [1.54, 1.807) is 0 Å². The average Bonchev–Trinajstić information content (AvgIpc) is 2.67. The molecule has 2 aromatic rings. The second-order valence-electron chi connectivity index (χ2n) is 3.87. The van der Waals surface area contributed by atoms with Crippen LogP contribution in [0.25, 0.3) is 10.2 Å². The minimum atomic E-state index is -0.102. The van der Waals surface area contributed by atoms with E-state index < -0.39 is 0 Å². The highest BCUT2D eigenvalue weighted by Crippen LogP contribution is 2.26. The van der Waals surface area contributed by atoms with Gasteiger partial charge in [0.1, 0.15) is 0 Å². The molecule has 1 aromatic heterocycles. The Hall–Kier alpha value is -1.46. The van der Waals surface area contributed by atoms with Crippen LogP contribution in [0.4, 0.5) is 5.13 Å². The van der Waals surface area contributed by atoms with Crippen LogP contribution in [0.2, 0.25) is 0 Å². The zero-order valence-electron chi connectivity index (χ0n) is 9.56. The molecule has 0 aliphatic rings. The van der Waals surface area contributed by atoms with Gasteiger partial charge in [0.05, 0.1) is 10.2 Å². The second-order valence-corrected chi connectivity index (χ2v) is 4.90. The van der Waals surface area contributed by atoms with Crippen molar-refractivity contribution in [3.8, 4) is 0 Å². The maximum Gasteiger partial charge on any atom is 0.226 e. The number of thiazole rings is 1. The van der Waals surface area contributed by atoms with E-state index in [1.165, 1.54) is 16.9 Å². The number of nitrogens with zero attached hydrogens (tertiary/aromatic N) is 1. The lowest BCUT2D eigenvalue weighted by Crippen LogP contribution is -2.11. The summed E-state index contributed by atoms with van der Waals surface area (Å²) in [5.74, 6) is -0.102. The Morgan fingerprint density at radius 3 is 3.12 bits per heavy atom. The number of aliphatic hydroxyl groups excluding tert-OH is 1. The largest absolute Gasteiger partial charge is 0.396 e. The van der Waals surface area contributed by atoms with Crippen LogP contribution in [0, 0.1) is 6.92 Å². The summed E-state index contributed by atoms with van der Waals surface area (Å²) in [4.78, 5) is 15.8. The molecule has 1 amide bonds. The zero-order valence-corrected chi connectivity index (χ0v) is 10.4. The summed E-state index contributed by atoms with van der Waals surface area (Å²) in [7, 11) is 0. The molecule has 4 nitrogen and oxygen atoms in total. The number of hydrogen-bond acceptors (Lipinski definition) is 4. The highest BCUT2D eigenvalue weighted by Gasteiger charge is 2.07. The fourth-order valence-corrected chi connectivity index (χ4v) is 2.49. The van der Waals surface area contributed by atoms with Crippen molar-refractivity contribution in [1.82, 2.24) is 4.98 Å². The molecular weight excluding hydrogens is 236 g/mol. The third-order valence-corrected chi connectivity index (χ3v) is 3.29. The third kappa shape index (κ3) is 3.01. The van der Waals surface area contributed by atoms with Crippen LogP contribution < -0.4 is 5.32 Å². The molecule has 0 unspecified atom stereocenters. The molecule has 0 radical (unpaired) electrons. The van der Waals surface area contributed by atoms with E-state index in [2.05, 4.69) is 16.4 Å². The van der Waals surface area contributed by atoms with Gasteiger partial charge in [-0.25, -0.2) is 4.98 Å². The Kier molecular flexibility index (Phi) is 3.71. The normalized spacial score (nSPS) is 10.7. The van der Waals surface area contributed by atoms with Gasteiger partial charge in [0.15, 0.2) is 5.13 Å². The summed E-state index contributed by atoms with van der Waals surface area (Å²) in [6, 6.07) is 6.00. The highest BCUT2D eigenvalue weighted by atomic mass is 32.1. The van der Waals surface area contributed by atoms with Gasteiger partial charge in [0, 0.05) is 13.0 Å². The summed E-state index contributed by atoms with van der Waals surface area (Å²) in [5.41, 5.74) is 2.08. The van der Waals surface area contributed by atoms with E-state index >= 15 is 0 Å². The SMILES string of the molecule is Cc1ccc2nc(NC(=O)CCCO)sc2c1. The maximum atomic E-state index is 11.5. The number of benzene rings is 1. The topological polar surface area (TPSA) is 62.2 Å². The van der Waals surface area contributed by atoms with Gasteiger partial charge in [-0.3, -0.25) is 4.79 Å². The number of aryl methyl sites for hydroxylation is 1. The van der Waals surface area contributed by atoms with E-state index in [1.807, 2.05) is 19.1 Å². The van der Waals surface area contributed by atoms with Gasteiger partial charge < -0.3 is 10.4 Å². The van der Waals surface area contributed by atoms with Gasteiger partial charge in [0.2, 0.25) is 5.91 Å². The molecule has 0 saturated heterocycles. The van der Waals surface area contributed by atoms with Crippen LogP contribution in [0.5, 0.6) is 0 Å². The number of rotatable bonds is 4. The number of aromatic nitrogens is 1. The Morgan fingerprint density at radius 2 is 2.35 bits per heavy atom. The van der Waals surface area contributed by atoms with Gasteiger partial charge in [0.25, 0.3) is 0 Å². The van der Waals surface area contributed by atoms with Crippen LogP contribution in [-0.2, 0) is 4.79 Å². The molecule has 1 heterocycles. The third-order valence-electron chi connectivity index (χ3n) is 2.35. The van der Waals surface area contributed by atoms with E-state index in [9.17, 15) is 4.79 Å². The van der Waals surface area contributed by atoms with Crippen molar-refractivity contribution >= 4 is 32.6 Å². The first kappa shape index (κ1) is 12.0. The second kappa shape index (κ2) is 5.25. The van der Waals surface area contributed by atoms with Gasteiger partial charge in [-0.1, -0.05) is 17.4 Å². The first-order chi connectivity index (χ1) is 8.19. The monoisotopic (exact) mass is 250 g/mol. The van der Waals surface area contributed by atoms with Gasteiger partial charge in [-0.05, 0) is 31.0 Å². The quantitative estimate of drug-likeness (QED) is 0.875. The van der Waals surface area contributed by atoms with Crippen molar-refractivity contribution in [1.29, 1.82) is 0 Å². The predicted octanol–water partition coefficient (Wildman–Crippen LogP) is 2.32. The van der Waals surface area contributed by atoms with Crippen molar-refractivity contribution in [3.05, 3.63) is 23.8 Å². The van der Waals surface area contributed by atoms with Crippen molar-refractivity contribution in [2.45, 2.75) is 19.8 Å². The van der Waals surface area contributed by atoms with Crippen molar-refractivity contribution in [3.63, 3.8) is 0 Å². The van der Waals surface area contributed by atoms with Crippen molar-refractivity contribution in [2.75, 3.05) is 11.9 Å². The lowest BCUT2D eigenvalue weighted by Gasteiger charge is -1.98. The number of anilines is 1. The zero-order chi connectivity index (χ0) is 12.3. The summed E-state index contributed by atoms with van der Waals surface area (Å²) in [6.45, 7) is 2.06. The van der Waals surface area contributed by atoms with Crippen LogP contribution in [0.15, 0.2) is 18.2 Å². The molecule has 0 saturated carbocycles. The molecule has 17 heavy (non-hydrogen) atoms. The number of carbonyl (C=O) groups is 1.